The number of nitrogens with one attached hydrogen (secondary N) is 2. The molecule has 0 saturated heterocycles. The Balaban J connectivity index is 1.33. The van der Waals surface area contributed by atoms with Gasteiger partial charge in [-0.1, -0.05) is 28.9 Å². The number of hydrogen-bond donors (Lipinski definition) is 2. The van der Waals surface area contributed by atoms with E-state index in [1.807, 2.05) is 0 Å². The van der Waals surface area contributed by atoms with Crippen LogP contribution in [-0.4, -0.2) is 51.0 Å². The van der Waals surface area contributed by atoms with Crippen LogP contribution in [0.25, 0.3) is 11.0 Å². The number of pyridine rings is 1. The molecule has 0 amide bonds. The molecule has 0 spiro atoms. The molecular formula is C25H23ClN6O7S2. The average Bonchev–Trinajstić information content (AvgIpc) is 3.58. The molecule has 0 saturated carbocycles. The minimum Gasteiger partial charge on any atom is -0.496 e. The van der Waals surface area contributed by atoms with Crippen LogP contribution in [0, 0.1) is 0 Å². The van der Waals surface area contributed by atoms with Gasteiger partial charge in [-0.25, -0.2) is 26.5 Å². The van der Waals surface area contributed by atoms with Crippen LogP contribution in [0.15, 0.2) is 81.4 Å². The summed E-state index contributed by atoms with van der Waals surface area (Å²) in [5.74, 6) is 0.461. The van der Waals surface area contributed by atoms with E-state index in [0.29, 0.717) is 22.3 Å². The minimum absolute atomic E-state index is 0.00508. The highest BCUT2D eigenvalue weighted by atomic mass is 35.5. The molecule has 13 nitrogen and oxygen atoms in total. The molecule has 214 valence electrons. The van der Waals surface area contributed by atoms with E-state index in [0.717, 1.165) is 0 Å². The Kier molecular flexibility index (Phi) is 7.86. The second-order valence-corrected chi connectivity index (χ2v) is 12.5. The van der Waals surface area contributed by atoms with Crippen LogP contribution in [0.1, 0.15) is 11.1 Å². The van der Waals surface area contributed by atoms with E-state index in [1.54, 1.807) is 35.1 Å². The number of rotatable bonds is 11. The molecule has 16 heteroatoms. The molecule has 0 atom stereocenters. The highest BCUT2D eigenvalue weighted by Crippen LogP contribution is 2.35. The zero-order valence-corrected chi connectivity index (χ0v) is 24.0. The van der Waals surface area contributed by atoms with Crippen LogP contribution >= 0.6 is 11.6 Å². The van der Waals surface area contributed by atoms with Crippen LogP contribution in [0.5, 0.6) is 11.5 Å². The van der Waals surface area contributed by atoms with Crippen LogP contribution in [-0.2, 0) is 33.1 Å². The van der Waals surface area contributed by atoms with Crippen molar-refractivity contribution in [3.05, 3.63) is 83.4 Å². The highest BCUT2D eigenvalue weighted by Gasteiger charge is 2.24. The summed E-state index contributed by atoms with van der Waals surface area (Å²) in [4.78, 5) is 3.73. The largest absolute Gasteiger partial charge is 0.496 e. The lowest BCUT2D eigenvalue weighted by molar-refractivity contribution is 0.403. The summed E-state index contributed by atoms with van der Waals surface area (Å²) in [5, 5.41) is 8.74. The van der Waals surface area contributed by atoms with Crippen molar-refractivity contribution in [2.45, 2.75) is 22.9 Å². The van der Waals surface area contributed by atoms with Crippen molar-refractivity contribution in [3.63, 3.8) is 0 Å². The molecule has 2 N–H and O–H groups in total. The molecule has 5 rings (SSSR count). The summed E-state index contributed by atoms with van der Waals surface area (Å²) in [6.45, 7) is 0.286. The number of para-hydroxylation sites is 1. The summed E-state index contributed by atoms with van der Waals surface area (Å²) >= 11 is 5.73. The minimum atomic E-state index is -4.06. The van der Waals surface area contributed by atoms with Crippen LogP contribution < -0.4 is 18.9 Å². The van der Waals surface area contributed by atoms with Crippen molar-refractivity contribution in [3.8, 4) is 11.5 Å². The summed E-state index contributed by atoms with van der Waals surface area (Å²) < 4.78 is 73.8. The normalized spacial score (nSPS) is 12.0. The molecule has 5 aromatic rings. The summed E-state index contributed by atoms with van der Waals surface area (Å²) in [6.07, 6.45) is 4.40. The van der Waals surface area contributed by atoms with Gasteiger partial charge in [0, 0.05) is 24.5 Å². The van der Waals surface area contributed by atoms with Crippen LogP contribution in [0.3, 0.4) is 0 Å². The fraction of sp³-hybridized carbons (Fsp3) is 0.160. The van der Waals surface area contributed by atoms with Gasteiger partial charge in [-0.3, -0.25) is 9.40 Å². The number of methoxy groups -OCH3 is 2. The second-order valence-electron chi connectivity index (χ2n) is 8.65. The summed E-state index contributed by atoms with van der Waals surface area (Å²) in [6, 6.07) is 12.3. The average molecular weight is 619 g/mol. The Labute approximate surface area is 240 Å². The van der Waals surface area contributed by atoms with Crippen LogP contribution in [0.2, 0.25) is 5.15 Å². The van der Waals surface area contributed by atoms with Gasteiger partial charge in [-0.05, 0) is 42.0 Å². The number of ether oxygens (including phenoxy) is 2. The molecule has 41 heavy (non-hydrogen) atoms. The third-order valence-electron chi connectivity index (χ3n) is 5.92. The van der Waals surface area contributed by atoms with Gasteiger partial charge in [0.1, 0.15) is 31.8 Å². The monoisotopic (exact) mass is 618 g/mol. The lowest BCUT2D eigenvalue weighted by atomic mass is 10.1. The van der Waals surface area contributed by atoms with E-state index in [2.05, 4.69) is 24.7 Å². The number of anilines is 1. The Morgan fingerprint density at radius 1 is 0.951 bits per heavy atom. The van der Waals surface area contributed by atoms with E-state index in [9.17, 15) is 16.8 Å². The lowest BCUT2D eigenvalue weighted by Crippen LogP contribution is -2.23. The quantitative estimate of drug-likeness (QED) is 0.209. The van der Waals surface area contributed by atoms with E-state index >= 15 is 0 Å². The van der Waals surface area contributed by atoms with E-state index in [1.165, 1.54) is 50.9 Å². The summed E-state index contributed by atoms with van der Waals surface area (Å²) in [7, 11) is -5.03. The third kappa shape index (κ3) is 6.12. The first-order valence-corrected chi connectivity index (χ1v) is 15.2. The molecule has 2 aromatic carbocycles. The predicted octanol–water partition coefficient (Wildman–Crippen LogP) is 3.42. The number of benzene rings is 2. The number of nitrogens with zero attached hydrogens (tertiary/aromatic N) is 4. The maximum atomic E-state index is 13.1. The lowest BCUT2D eigenvalue weighted by Gasteiger charge is -2.11. The van der Waals surface area contributed by atoms with Crippen molar-refractivity contribution in [2.24, 2.45) is 0 Å². The van der Waals surface area contributed by atoms with E-state index in [4.69, 9.17) is 25.6 Å². The maximum Gasteiger partial charge on any atom is 0.266 e. The molecule has 0 bridgehead atoms. The zero-order valence-electron chi connectivity index (χ0n) is 21.6. The molecule has 0 aliphatic carbocycles. The molecular weight excluding hydrogens is 596 g/mol. The fourth-order valence-electron chi connectivity index (χ4n) is 3.99. The topological polar surface area (TPSA) is 168 Å². The van der Waals surface area contributed by atoms with Crippen molar-refractivity contribution >= 4 is 48.4 Å². The SMILES string of the molecule is COc1ccccc1S(=O)(=O)Nc1noc2cc(Cn3cc(CNS(=O)(=O)c4ccc(Cl)nc4)cn3)cc(OC)c12. The van der Waals surface area contributed by atoms with Gasteiger partial charge >= 0.3 is 0 Å². The number of halogens is 1. The van der Waals surface area contributed by atoms with Gasteiger partial charge in [-0.2, -0.15) is 5.10 Å². The molecule has 3 heterocycles. The first kappa shape index (κ1) is 28.4. The first-order valence-electron chi connectivity index (χ1n) is 11.8. The van der Waals surface area contributed by atoms with Gasteiger partial charge in [0.25, 0.3) is 10.0 Å². The third-order valence-corrected chi connectivity index (χ3v) is 8.90. The molecule has 3 aromatic heterocycles. The van der Waals surface area contributed by atoms with E-state index < -0.39 is 20.0 Å². The molecule has 0 aliphatic rings. The number of sulfonamides is 2. The van der Waals surface area contributed by atoms with Crippen molar-refractivity contribution in [2.75, 3.05) is 18.9 Å². The fourth-order valence-corrected chi connectivity index (χ4v) is 6.24. The predicted molar refractivity (Wildman–Crippen MR) is 149 cm³/mol. The standard InChI is InChI=1S/C25H23ClN6O7S2/c1-37-19-5-3-4-6-22(19)41(35,36)31-25-24-20(38-2)9-16(10-21(24)39-30-25)14-32-15-17(11-28-32)12-29-40(33,34)18-7-8-23(26)27-13-18/h3-11,13,15,29H,12,14H2,1-2H3,(H,30,31). The number of hydrogen-bond acceptors (Lipinski definition) is 10. The Morgan fingerprint density at radius 2 is 1.73 bits per heavy atom. The second kappa shape index (κ2) is 11.4. The molecule has 0 radical (unpaired) electrons. The first-order chi connectivity index (χ1) is 19.6. The van der Waals surface area contributed by atoms with Crippen molar-refractivity contribution < 1.29 is 30.8 Å². The van der Waals surface area contributed by atoms with Crippen molar-refractivity contribution in [1.82, 2.24) is 24.6 Å². The molecule has 0 fully saturated rings. The van der Waals surface area contributed by atoms with Gasteiger partial charge in [0.15, 0.2) is 11.4 Å². The Bertz CT molecular complexity index is 1920. The van der Waals surface area contributed by atoms with Crippen LogP contribution in [0.4, 0.5) is 5.82 Å². The van der Waals surface area contributed by atoms with Gasteiger partial charge in [0.2, 0.25) is 10.0 Å². The zero-order chi connectivity index (χ0) is 29.2. The summed E-state index contributed by atoms with van der Waals surface area (Å²) in [5.41, 5.74) is 1.62. The van der Waals surface area contributed by atoms with Gasteiger partial charge < -0.3 is 14.0 Å². The highest BCUT2D eigenvalue weighted by molar-refractivity contribution is 7.92. The Hall–Kier alpha value is -4.18. The maximum absolute atomic E-state index is 13.1. The molecule has 0 aliphatic heterocycles. The number of aromatic nitrogens is 4. The van der Waals surface area contributed by atoms with Crippen molar-refractivity contribution in [1.29, 1.82) is 0 Å². The van der Waals surface area contributed by atoms with E-state index in [-0.39, 0.29) is 45.2 Å². The van der Waals surface area contributed by atoms with Gasteiger partial charge in [-0.15, -0.1) is 0 Å². The molecule has 0 unspecified atom stereocenters. The Morgan fingerprint density at radius 3 is 2.46 bits per heavy atom. The smallest absolute Gasteiger partial charge is 0.266 e. The van der Waals surface area contributed by atoms with Gasteiger partial charge in [0.05, 0.1) is 27.0 Å². The number of fused-ring (bicyclic) bond motifs is 1.